The third kappa shape index (κ3) is 4.63. The van der Waals surface area contributed by atoms with Gasteiger partial charge in [0.05, 0.1) is 17.6 Å². The summed E-state index contributed by atoms with van der Waals surface area (Å²) in [6, 6.07) is 4.24. The summed E-state index contributed by atoms with van der Waals surface area (Å²) in [5.41, 5.74) is 0.118. The van der Waals surface area contributed by atoms with Crippen LogP contribution in [0.4, 0.5) is 5.13 Å². The van der Waals surface area contributed by atoms with Crippen LogP contribution < -0.4 is 10.1 Å². The van der Waals surface area contributed by atoms with E-state index in [1.807, 2.05) is 13.8 Å². The lowest BCUT2D eigenvalue weighted by atomic mass is 10.2. The molecular weight excluding hydrogens is 388 g/mol. The Morgan fingerprint density at radius 2 is 1.93 bits per heavy atom. The maximum Gasteiger partial charge on any atom is 0.261 e. The summed E-state index contributed by atoms with van der Waals surface area (Å²) in [5.74, 6) is -0.0280. The first-order valence-electron chi connectivity index (χ1n) is 8.57. The van der Waals surface area contributed by atoms with Gasteiger partial charge in [-0.3, -0.25) is 10.1 Å². The average Bonchev–Trinajstić information content (AvgIpc) is 3.10. The fraction of sp³-hybridized carbons (Fsp3) is 0.471. The molecule has 1 N–H and O–H groups in total. The predicted octanol–water partition coefficient (Wildman–Crippen LogP) is 2.95. The molecule has 10 heteroatoms. The molecule has 27 heavy (non-hydrogen) atoms. The van der Waals surface area contributed by atoms with Gasteiger partial charge in [-0.1, -0.05) is 39.0 Å². The van der Waals surface area contributed by atoms with Crippen molar-refractivity contribution in [2.24, 2.45) is 0 Å². The number of hydrogen-bond donors (Lipinski definition) is 1. The number of methoxy groups -OCH3 is 1. The van der Waals surface area contributed by atoms with Crippen LogP contribution in [-0.4, -0.2) is 49.0 Å². The van der Waals surface area contributed by atoms with Crippen molar-refractivity contribution in [1.82, 2.24) is 14.5 Å². The second-order valence-corrected chi connectivity index (χ2v) is 8.95. The third-order valence-corrected chi connectivity index (χ3v) is 7.10. The summed E-state index contributed by atoms with van der Waals surface area (Å²) >= 11 is 1.28. The molecule has 0 aliphatic carbocycles. The van der Waals surface area contributed by atoms with Gasteiger partial charge in [-0.25, -0.2) is 8.42 Å². The highest BCUT2D eigenvalue weighted by Gasteiger charge is 2.25. The largest absolute Gasteiger partial charge is 0.496 e. The van der Waals surface area contributed by atoms with E-state index in [4.69, 9.17) is 4.74 Å². The van der Waals surface area contributed by atoms with Gasteiger partial charge >= 0.3 is 0 Å². The number of anilines is 1. The number of carbonyl (C=O) groups is 1. The van der Waals surface area contributed by atoms with Crippen LogP contribution in [0.3, 0.4) is 0 Å². The molecule has 0 radical (unpaired) electrons. The van der Waals surface area contributed by atoms with E-state index < -0.39 is 15.9 Å². The first-order chi connectivity index (χ1) is 12.7. The Balaban J connectivity index is 2.38. The minimum Gasteiger partial charge on any atom is -0.496 e. The van der Waals surface area contributed by atoms with Gasteiger partial charge in [0.2, 0.25) is 15.2 Å². The smallest absolute Gasteiger partial charge is 0.261 e. The van der Waals surface area contributed by atoms with Crippen LogP contribution in [0.15, 0.2) is 23.1 Å². The van der Waals surface area contributed by atoms with Crippen molar-refractivity contribution in [2.45, 2.75) is 38.5 Å². The number of carbonyl (C=O) groups excluding carboxylic acids is 1. The van der Waals surface area contributed by atoms with Gasteiger partial charge in [-0.05, 0) is 18.2 Å². The van der Waals surface area contributed by atoms with Crippen LogP contribution in [0, 0.1) is 0 Å². The maximum atomic E-state index is 12.7. The Bertz CT molecular complexity index is 905. The van der Waals surface area contributed by atoms with Gasteiger partial charge in [-0.15, -0.1) is 10.2 Å². The van der Waals surface area contributed by atoms with Crippen molar-refractivity contribution in [1.29, 1.82) is 0 Å². The lowest BCUT2D eigenvalue weighted by Crippen LogP contribution is -2.30. The normalized spacial score (nSPS) is 11.8. The summed E-state index contributed by atoms with van der Waals surface area (Å²) < 4.78 is 32.0. The minimum atomic E-state index is -3.69. The van der Waals surface area contributed by atoms with E-state index in [0.29, 0.717) is 18.2 Å². The topological polar surface area (TPSA) is 101 Å². The summed E-state index contributed by atoms with van der Waals surface area (Å²) in [6.07, 6.45) is 0. The molecule has 0 saturated heterocycles. The zero-order valence-electron chi connectivity index (χ0n) is 16.0. The van der Waals surface area contributed by atoms with Gasteiger partial charge in [-0.2, -0.15) is 4.31 Å². The molecule has 1 amide bonds. The Hall–Kier alpha value is -2.04. The van der Waals surface area contributed by atoms with E-state index in [-0.39, 0.29) is 22.1 Å². The van der Waals surface area contributed by atoms with Crippen molar-refractivity contribution in [3.63, 3.8) is 0 Å². The standard InChI is InChI=1S/C17H24N4O4S2/c1-6-21(7-2)27(23,24)12-8-9-14(25-5)13(10-12)15(22)18-17-20-19-16(26-17)11(3)4/h8-11H,6-7H2,1-5H3,(H,18,20,22). The number of aromatic nitrogens is 2. The van der Waals surface area contributed by atoms with Crippen molar-refractivity contribution in [3.05, 3.63) is 28.8 Å². The van der Waals surface area contributed by atoms with E-state index in [1.165, 1.54) is 41.0 Å². The monoisotopic (exact) mass is 412 g/mol. The molecule has 1 aromatic carbocycles. The molecule has 0 aliphatic heterocycles. The number of hydrogen-bond acceptors (Lipinski definition) is 7. The molecule has 1 aromatic heterocycles. The van der Waals surface area contributed by atoms with E-state index in [1.54, 1.807) is 13.8 Å². The van der Waals surface area contributed by atoms with E-state index in [2.05, 4.69) is 15.5 Å². The fourth-order valence-electron chi connectivity index (χ4n) is 2.42. The van der Waals surface area contributed by atoms with Gasteiger partial charge in [0.25, 0.3) is 5.91 Å². The predicted molar refractivity (Wildman–Crippen MR) is 105 cm³/mol. The Morgan fingerprint density at radius 1 is 1.26 bits per heavy atom. The number of nitrogens with one attached hydrogen (secondary N) is 1. The van der Waals surface area contributed by atoms with E-state index in [0.717, 1.165) is 5.01 Å². The highest BCUT2D eigenvalue weighted by molar-refractivity contribution is 7.89. The van der Waals surface area contributed by atoms with Crippen LogP contribution >= 0.6 is 11.3 Å². The van der Waals surface area contributed by atoms with Crippen LogP contribution in [0.1, 0.15) is 49.0 Å². The molecular formula is C17H24N4O4S2. The second-order valence-electron chi connectivity index (χ2n) is 6.01. The first-order valence-corrected chi connectivity index (χ1v) is 10.8. The van der Waals surface area contributed by atoms with Gasteiger partial charge in [0, 0.05) is 19.0 Å². The molecule has 1 heterocycles. The number of benzene rings is 1. The lowest BCUT2D eigenvalue weighted by Gasteiger charge is -2.19. The molecule has 0 bridgehead atoms. The van der Waals surface area contributed by atoms with E-state index >= 15 is 0 Å². The van der Waals surface area contributed by atoms with Crippen molar-refractivity contribution in [2.75, 3.05) is 25.5 Å². The molecule has 0 atom stereocenters. The summed E-state index contributed by atoms with van der Waals surface area (Å²) in [6.45, 7) is 8.18. The molecule has 0 spiro atoms. The van der Waals surface area contributed by atoms with Crippen molar-refractivity contribution < 1.29 is 17.9 Å². The van der Waals surface area contributed by atoms with Crippen LogP contribution in [0.2, 0.25) is 0 Å². The van der Waals surface area contributed by atoms with Crippen molar-refractivity contribution in [3.8, 4) is 5.75 Å². The molecule has 0 fully saturated rings. The number of rotatable bonds is 8. The van der Waals surface area contributed by atoms with E-state index in [9.17, 15) is 13.2 Å². The zero-order chi connectivity index (χ0) is 20.2. The summed E-state index contributed by atoms with van der Waals surface area (Å²) in [5, 5.41) is 11.8. The second kappa shape index (κ2) is 8.77. The van der Waals surface area contributed by atoms with Gasteiger partial charge < -0.3 is 4.74 Å². The average molecular weight is 413 g/mol. The maximum absolute atomic E-state index is 12.7. The Morgan fingerprint density at radius 3 is 2.44 bits per heavy atom. The fourth-order valence-corrected chi connectivity index (χ4v) is 4.65. The Labute approximate surface area is 163 Å². The van der Waals surface area contributed by atoms with Crippen LogP contribution in [0.25, 0.3) is 0 Å². The molecule has 0 aliphatic rings. The molecule has 148 valence electrons. The van der Waals surface area contributed by atoms with Crippen LogP contribution in [0.5, 0.6) is 5.75 Å². The molecule has 0 unspecified atom stereocenters. The zero-order valence-corrected chi connectivity index (χ0v) is 17.6. The highest BCUT2D eigenvalue weighted by atomic mass is 32.2. The highest BCUT2D eigenvalue weighted by Crippen LogP contribution is 2.27. The third-order valence-electron chi connectivity index (χ3n) is 3.91. The SMILES string of the molecule is CCN(CC)S(=O)(=O)c1ccc(OC)c(C(=O)Nc2nnc(C(C)C)s2)c1. The summed E-state index contributed by atoms with van der Waals surface area (Å²) in [7, 11) is -2.27. The van der Waals surface area contributed by atoms with Gasteiger partial charge in [0.15, 0.2) is 0 Å². The molecule has 8 nitrogen and oxygen atoms in total. The quantitative estimate of drug-likeness (QED) is 0.715. The molecule has 2 rings (SSSR count). The van der Waals surface area contributed by atoms with Gasteiger partial charge in [0.1, 0.15) is 10.8 Å². The minimum absolute atomic E-state index is 0.0392. The van der Waals surface area contributed by atoms with Crippen molar-refractivity contribution >= 4 is 32.4 Å². The Kier molecular flexibility index (Phi) is 6.90. The lowest BCUT2D eigenvalue weighted by molar-refractivity contribution is 0.102. The molecule has 2 aromatic rings. The summed E-state index contributed by atoms with van der Waals surface area (Å²) in [4.78, 5) is 12.7. The number of nitrogens with zero attached hydrogens (tertiary/aromatic N) is 3. The van der Waals surface area contributed by atoms with Crippen LogP contribution in [-0.2, 0) is 10.0 Å². The number of sulfonamides is 1. The first kappa shape index (κ1) is 21.3. The number of amides is 1. The molecule has 0 saturated carbocycles. The number of ether oxygens (including phenoxy) is 1.